The molecule has 1 heterocycles. The Hall–Kier alpha value is -1.10. The first-order valence-corrected chi connectivity index (χ1v) is 4.75. The number of carboxylic acids is 1. The monoisotopic (exact) mass is 200 g/mol. The highest BCUT2D eigenvalue weighted by molar-refractivity contribution is 5.88. The van der Waals surface area contributed by atoms with Crippen LogP contribution in [0, 0.1) is 5.92 Å². The van der Waals surface area contributed by atoms with Gasteiger partial charge in [0.1, 0.15) is 5.54 Å². The average Bonchev–Trinajstić information content (AvgIpc) is 2.00. The van der Waals surface area contributed by atoms with Crippen molar-refractivity contribution < 1.29 is 14.7 Å². The van der Waals surface area contributed by atoms with E-state index in [4.69, 9.17) is 5.11 Å². The van der Waals surface area contributed by atoms with Crippen LogP contribution in [0.5, 0.6) is 0 Å². The molecule has 3 N–H and O–H groups in total. The van der Waals surface area contributed by atoms with E-state index in [-0.39, 0.29) is 11.8 Å². The number of nitrogens with one attached hydrogen (secondary N) is 2. The van der Waals surface area contributed by atoms with Crippen LogP contribution in [0.1, 0.15) is 20.3 Å². The van der Waals surface area contributed by atoms with Gasteiger partial charge in [-0.25, -0.2) is 4.79 Å². The summed E-state index contributed by atoms with van der Waals surface area (Å²) in [6.45, 7) is 4.56. The summed E-state index contributed by atoms with van der Waals surface area (Å²) < 4.78 is 0. The Morgan fingerprint density at radius 3 is 2.43 bits per heavy atom. The summed E-state index contributed by atoms with van der Waals surface area (Å²) in [6, 6.07) is 0. The van der Waals surface area contributed by atoms with E-state index in [9.17, 15) is 9.59 Å². The number of hydrogen-bond acceptors (Lipinski definition) is 3. The largest absolute Gasteiger partial charge is 0.480 e. The second kappa shape index (κ2) is 3.96. The lowest BCUT2D eigenvalue weighted by Crippen LogP contribution is -2.58. The first kappa shape index (κ1) is 11.0. The third kappa shape index (κ3) is 2.04. The highest BCUT2D eigenvalue weighted by atomic mass is 16.4. The van der Waals surface area contributed by atoms with Gasteiger partial charge in [0.15, 0.2) is 0 Å². The standard InChI is InChI=1S/C9H16N2O3/c1-3-9(2,8(13)14)11-7(12)6-4-10-5-6/h6,10H,3-5H2,1-2H3,(H,11,12)(H,13,14). The van der Waals surface area contributed by atoms with Crippen LogP contribution in [0.2, 0.25) is 0 Å². The molecule has 1 amide bonds. The first-order chi connectivity index (χ1) is 6.49. The van der Waals surface area contributed by atoms with Gasteiger partial charge in [-0.2, -0.15) is 0 Å². The number of hydrogen-bond donors (Lipinski definition) is 3. The SMILES string of the molecule is CCC(C)(NC(=O)C1CNC1)C(=O)O. The molecule has 1 rings (SSSR count). The van der Waals surface area contributed by atoms with Gasteiger partial charge < -0.3 is 15.7 Å². The van der Waals surface area contributed by atoms with Crippen molar-refractivity contribution >= 4 is 11.9 Å². The molecule has 0 spiro atoms. The molecule has 80 valence electrons. The van der Waals surface area contributed by atoms with Gasteiger partial charge in [0.2, 0.25) is 5.91 Å². The Labute approximate surface area is 82.9 Å². The Morgan fingerprint density at radius 2 is 2.14 bits per heavy atom. The van der Waals surface area contributed by atoms with Crippen LogP contribution in [-0.4, -0.2) is 35.6 Å². The van der Waals surface area contributed by atoms with E-state index in [0.29, 0.717) is 19.5 Å². The van der Waals surface area contributed by atoms with Crippen LogP contribution in [0.3, 0.4) is 0 Å². The summed E-state index contributed by atoms with van der Waals surface area (Å²) in [5, 5.41) is 14.5. The van der Waals surface area contributed by atoms with Gasteiger partial charge in [-0.1, -0.05) is 6.92 Å². The second-order valence-corrected chi connectivity index (χ2v) is 3.84. The molecule has 0 aromatic heterocycles. The summed E-state index contributed by atoms with van der Waals surface area (Å²) >= 11 is 0. The molecule has 0 aromatic rings. The Kier molecular flexibility index (Phi) is 3.10. The highest BCUT2D eigenvalue weighted by Gasteiger charge is 2.36. The smallest absolute Gasteiger partial charge is 0.329 e. The molecule has 1 fully saturated rings. The number of aliphatic carboxylic acids is 1. The van der Waals surface area contributed by atoms with Crippen LogP contribution < -0.4 is 10.6 Å². The lowest BCUT2D eigenvalue weighted by atomic mass is 9.95. The number of carbonyl (C=O) groups is 2. The van der Waals surface area contributed by atoms with E-state index in [0.717, 1.165) is 0 Å². The van der Waals surface area contributed by atoms with Crippen molar-refractivity contribution in [3.05, 3.63) is 0 Å². The lowest BCUT2D eigenvalue weighted by Gasteiger charge is -2.31. The second-order valence-electron chi connectivity index (χ2n) is 3.84. The first-order valence-electron chi connectivity index (χ1n) is 4.75. The normalized spacial score (nSPS) is 20.7. The maximum absolute atomic E-state index is 11.5. The van der Waals surface area contributed by atoms with Crippen molar-refractivity contribution in [3.8, 4) is 0 Å². The Bertz CT molecular complexity index is 250. The summed E-state index contributed by atoms with van der Waals surface area (Å²) in [6.07, 6.45) is 0.383. The molecule has 0 bridgehead atoms. The fourth-order valence-corrected chi connectivity index (χ4v) is 1.14. The number of carbonyl (C=O) groups excluding carboxylic acids is 1. The van der Waals surface area contributed by atoms with Crippen LogP contribution in [-0.2, 0) is 9.59 Å². The van der Waals surface area contributed by atoms with Crippen LogP contribution in [0.25, 0.3) is 0 Å². The van der Waals surface area contributed by atoms with Gasteiger partial charge in [-0.3, -0.25) is 4.79 Å². The number of carboxylic acid groups (broad SMARTS) is 1. The molecule has 0 aromatic carbocycles. The summed E-state index contributed by atoms with van der Waals surface area (Å²) in [7, 11) is 0. The van der Waals surface area contributed by atoms with E-state index >= 15 is 0 Å². The van der Waals surface area contributed by atoms with Gasteiger partial charge in [-0.15, -0.1) is 0 Å². The third-order valence-corrected chi connectivity index (χ3v) is 2.73. The highest BCUT2D eigenvalue weighted by Crippen LogP contribution is 2.12. The molecule has 1 saturated heterocycles. The Morgan fingerprint density at radius 1 is 1.57 bits per heavy atom. The topological polar surface area (TPSA) is 78.4 Å². The molecule has 1 aliphatic heterocycles. The predicted molar refractivity (Wildman–Crippen MR) is 50.8 cm³/mol. The number of rotatable bonds is 4. The summed E-state index contributed by atoms with van der Waals surface area (Å²) in [5.41, 5.74) is -1.13. The molecule has 1 unspecified atom stereocenters. The van der Waals surface area contributed by atoms with Gasteiger partial charge in [0.25, 0.3) is 0 Å². The van der Waals surface area contributed by atoms with Crippen molar-refractivity contribution in [2.45, 2.75) is 25.8 Å². The van der Waals surface area contributed by atoms with E-state index < -0.39 is 11.5 Å². The van der Waals surface area contributed by atoms with Crippen LogP contribution in [0.15, 0.2) is 0 Å². The molecule has 0 aliphatic carbocycles. The van der Waals surface area contributed by atoms with Gasteiger partial charge in [-0.05, 0) is 13.3 Å². The molecule has 5 heteroatoms. The van der Waals surface area contributed by atoms with Crippen molar-refractivity contribution in [1.29, 1.82) is 0 Å². The fraction of sp³-hybridized carbons (Fsp3) is 0.778. The molecular formula is C9H16N2O3. The minimum atomic E-state index is -1.13. The average molecular weight is 200 g/mol. The van der Waals surface area contributed by atoms with Crippen LogP contribution in [0.4, 0.5) is 0 Å². The fourth-order valence-electron chi connectivity index (χ4n) is 1.14. The van der Waals surface area contributed by atoms with Crippen LogP contribution >= 0.6 is 0 Å². The zero-order valence-corrected chi connectivity index (χ0v) is 8.46. The van der Waals surface area contributed by atoms with E-state index in [1.54, 1.807) is 6.92 Å². The van der Waals surface area contributed by atoms with Crippen molar-refractivity contribution in [3.63, 3.8) is 0 Å². The molecular weight excluding hydrogens is 184 g/mol. The zero-order chi connectivity index (χ0) is 10.8. The van der Waals surface area contributed by atoms with Crippen molar-refractivity contribution in [2.24, 2.45) is 5.92 Å². The molecule has 0 saturated carbocycles. The Balaban J connectivity index is 2.55. The van der Waals surface area contributed by atoms with Gasteiger partial charge in [0.05, 0.1) is 5.92 Å². The van der Waals surface area contributed by atoms with Crippen molar-refractivity contribution in [2.75, 3.05) is 13.1 Å². The summed E-state index contributed by atoms with van der Waals surface area (Å²) in [4.78, 5) is 22.4. The van der Waals surface area contributed by atoms with Gasteiger partial charge in [0, 0.05) is 13.1 Å². The molecule has 1 atom stereocenters. The summed E-state index contributed by atoms with van der Waals surface area (Å²) in [5.74, 6) is -1.23. The van der Waals surface area contributed by atoms with Gasteiger partial charge >= 0.3 is 5.97 Å². The maximum atomic E-state index is 11.5. The zero-order valence-electron chi connectivity index (χ0n) is 8.46. The van der Waals surface area contributed by atoms with Crippen molar-refractivity contribution in [1.82, 2.24) is 10.6 Å². The maximum Gasteiger partial charge on any atom is 0.329 e. The minimum absolute atomic E-state index is 0.0692. The lowest BCUT2D eigenvalue weighted by molar-refractivity contribution is -0.148. The molecule has 0 radical (unpaired) electrons. The van der Waals surface area contributed by atoms with E-state index in [1.807, 2.05) is 0 Å². The molecule has 5 nitrogen and oxygen atoms in total. The molecule has 1 aliphatic rings. The predicted octanol–water partition coefficient (Wildman–Crippen LogP) is -0.425. The minimum Gasteiger partial charge on any atom is -0.480 e. The third-order valence-electron chi connectivity index (χ3n) is 2.73. The quantitative estimate of drug-likeness (QED) is 0.575. The van der Waals surface area contributed by atoms with E-state index in [2.05, 4.69) is 10.6 Å². The van der Waals surface area contributed by atoms with E-state index in [1.165, 1.54) is 6.92 Å². The molecule has 14 heavy (non-hydrogen) atoms. The number of amides is 1.